The number of methoxy groups -OCH3 is 3. The van der Waals surface area contributed by atoms with Crippen molar-refractivity contribution in [3.05, 3.63) is 23.9 Å². The molecular formula is C12H15N5O3. The first kappa shape index (κ1) is 13.8. The largest absolute Gasteiger partial charge is 0.481 e. The maximum absolute atomic E-state index is 5.06. The molecular weight excluding hydrogens is 262 g/mol. The number of ether oxygens (including phenoxy) is 3. The van der Waals surface area contributed by atoms with E-state index >= 15 is 0 Å². The van der Waals surface area contributed by atoms with E-state index in [0.29, 0.717) is 18.4 Å². The topological polar surface area (TPSA) is 91.3 Å². The van der Waals surface area contributed by atoms with Crippen LogP contribution in [0.3, 0.4) is 0 Å². The average molecular weight is 277 g/mol. The number of anilines is 1. The van der Waals surface area contributed by atoms with Gasteiger partial charge in [-0.1, -0.05) is 0 Å². The second-order valence-corrected chi connectivity index (χ2v) is 3.69. The van der Waals surface area contributed by atoms with Crippen LogP contribution in [0, 0.1) is 0 Å². The molecule has 0 aliphatic rings. The quantitative estimate of drug-likeness (QED) is 0.833. The summed E-state index contributed by atoms with van der Waals surface area (Å²) in [5, 5.41) is 3.06. The summed E-state index contributed by atoms with van der Waals surface area (Å²) in [7, 11) is 4.53. The van der Waals surface area contributed by atoms with Crippen molar-refractivity contribution in [1.82, 2.24) is 19.9 Å². The Hall–Kier alpha value is -2.64. The van der Waals surface area contributed by atoms with Crippen LogP contribution in [0.15, 0.2) is 18.3 Å². The molecule has 2 aromatic rings. The van der Waals surface area contributed by atoms with Crippen molar-refractivity contribution in [3.63, 3.8) is 0 Å². The molecule has 2 aromatic heterocycles. The molecule has 20 heavy (non-hydrogen) atoms. The van der Waals surface area contributed by atoms with Crippen LogP contribution < -0.4 is 19.5 Å². The van der Waals surface area contributed by atoms with Gasteiger partial charge in [0.1, 0.15) is 0 Å². The first-order valence-corrected chi connectivity index (χ1v) is 5.82. The predicted molar refractivity (Wildman–Crippen MR) is 71.0 cm³/mol. The first-order chi connectivity index (χ1) is 9.75. The molecule has 0 bridgehead atoms. The minimum Gasteiger partial charge on any atom is -0.481 e. The Morgan fingerprint density at radius 3 is 2.30 bits per heavy atom. The Labute approximate surface area is 116 Å². The van der Waals surface area contributed by atoms with E-state index in [4.69, 9.17) is 14.2 Å². The molecule has 0 amide bonds. The van der Waals surface area contributed by atoms with Crippen LogP contribution in [0.1, 0.15) is 5.56 Å². The van der Waals surface area contributed by atoms with Crippen LogP contribution in [-0.2, 0) is 6.54 Å². The molecule has 8 heteroatoms. The lowest BCUT2D eigenvalue weighted by Crippen LogP contribution is -2.07. The smallest absolute Gasteiger partial charge is 0.324 e. The number of aromatic nitrogens is 4. The number of nitrogens with one attached hydrogen (secondary N) is 1. The van der Waals surface area contributed by atoms with Gasteiger partial charge in [0, 0.05) is 18.8 Å². The zero-order chi connectivity index (χ0) is 14.4. The third-order valence-electron chi connectivity index (χ3n) is 2.42. The molecule has 0 saturated carbocycles. The van der Waals surface area contributed by atoms with Crippen molar-refractivity contribution in [2.75, 3.05) is 26.6 Å². The van der Waals surface area contributed by atoms with Gasteiger partial charge in [0.2, 0.25) is 11.8 Å². The highest BCUT2D eigenvalue weighted by molar-refractivity contribution is 5.30. The minimum atomic E-state index is 0.187. The maximum Gasteiger partial charge on any atom is 0.324 e. The lowest BCUT2D eigenvalue weighted by molar-refractivity contribution is 0.341. The van der Waals surface area contributed by atoms with Crippen molar-refractivity contribution in [3.8, 4) is 17.9 Å². The zero-order valence-electron chi connectivity index (χ0n) is 11.5. The molecule has 0 aromatic carbocycles. The van der Waals surface area contributed by atoms with E-state index < -0.39 is 0 Å². The Balaban J connectivity index is 2.09. The van der Waals surface area contributed by atoms with Gasteiger partial charge in [0.05, 0.1) is 21.3 Å². The summed E-state index contributed by atoms with van der Waals surface area (Å²) in [6.45, 7) is 0.509. The van der Waals surface area contributed by atoms with Gasteiger partial charge < -0.3 is 19.5 Å². The summed E-state index contributed by atoms with van der Waals surface area (Å²) < 4.78 is 15.0. The molecule has 0 spiro atoms. The van der Waals surface area contributed by atoms with E-state index in [1.807, 2.05) is 12.1 Å². The lowest BCUT2D eigenvalue weighted by Gasteiger charge is -2.08. The van der Waals surface area contributed by atoms with E-state index in [2.05, 4.69) is 25.3 Å². The van der Waals surface area contributed by atoms with Gasteiger partial charge >= 0.3 is 12.0 Å². The van der Waals surface area contributed by atoms with E-state index in [1.54, 1.807) is 13.3 Å². The third-order valence-corrected chi connectivity index (χ3v) is 2.42. The van der Waals surface area contributed by atoms with Crippen molar-refractivity contribution >= 4 is 5.95 Å². The molecule has 8 nitrogen and oxygen atoms in total. The van der Waals surface area contributed by atoms with Gasteiger partial charge in [0.25, 0.3) is 0 Å². The van der Waals surface area contributed by atoms with E-state index in [-0.39, 0.29) is 12.0 Å². The summed E-state index contributed by atoms with van der Waals surface area (Å²) in [5.41, 5.74) is 0.982. The highest BCUT2D eigenvalue weighted by Gasteiger charge is 2.07. The van der Waals surface area contributed by atoms with Gasteiger partial charge in [-0.2, -0.15) is 9.97 Å². The van der Waals surface area contributed by atoms with Crippen LogP contribution in [-0.4, -0.2) is 41.3 Å². The van der Waals surface area contributed by atoms with Crippen LogP contribution >= 0.6 is 0 Å². The molecule has 0 aliphatic carbocycles. The minimum absolute atomic E-state index is 0.187. The molecule has 0 aliphatic heterocycles. The van der Waals surface area contributed by atoms with Crippen molar-refractivity contribution in [2.45, 2.75) is 6.54 Å². The van der Waals surface area contributed by atoms with Crippen molar-refractivity contribution < 1.29 is 14.2 Å². The summed E-state index contributed by atoms with van der Waals surface area (Å²) >= 11 is 0. The summed E-state index contributed by atoms with van der Waals surface area (Å²) in [6.07, 6.45) is 1.67. The molecule has 0 unspecified atom stereocenters. The lowest BCUT2D eigenvalue weighted by atomic mass is 10.2. The number of nitrogens with zero attached hydrogens (tertiary/aromatic N) is 4. The Bertz CT molecular complexity index is 557. The Morgan fingerprint density at radius 1 is 1.00 bits per heavy atom. The van der Waals surface area contributed by atoms with Crippen LogP contribution in [0.25, 0.3) is 0 Å². The molecule has 106 valence electrons. The fourth-order valence-electron chi connectivity index (χ4n) is 1.45. The van der Waals surface area contributed by atoms with E-state index in [1.165, 1.54) is 14.2 Å². The third kappa shape index (κ3) is 3.44. The van der Waals surface area contributed by atoms with Gasteiger partial charge in [0.15, 0.2) is 0 Å². The zero-order valence-corrected chi connectivity index (χ0v) is 11.5. The van der Waals surface area contributed by atoms with Gasteiger partial charge in [-0.3, -0.25) is 0 Å². The van der Waals surface area contributed by atoms with E-state index in [0.717, 1.165) is 5.56 Å². The molecule has 0 radical (unpaired) electrons. The SMILES string of the molecule is COc1cc(CNc2nc(OC)nc(OC)n2)ccn1. The Morgan fingerprint density at radius 2 is 1.70 bits per heavy atom. The fraction of sp³-hybridized carbons (Fsp3) is 0.333. The average Bonchev–Trinajstić information content (AvgIpc) is 2.52. The standard InChI is InChI=1S/C12H15N5O3/c1-18-9-6-8(4-5-13-9)7-14-10-15-11(19-2)17-12(16-10)20-3/h4-6H,7H2,1-3H3,(H,14,15,16,17). The highest BCUT2D eigenvalue weighted by atomic mass is 16.5. The van der Waals surface area contributed by atoms with Crippen LogP contribution in [0.5, 0.6) is 17.9 Å². The molecule has 2 heterocycles. The predicted octanol–water partition coefficient (Wildman–Crippen LogP) is 0.904. The summed E-state index contributed by atoms with van der Waals surface area (Å²) in [4.78, 5) is 16.1. The monoisotopic (exact) mass is 277 g/mol. The fourth-order valence-corrected chi connectivity index (χ4v) is 1.45. The maximum atomic E-state index is 5.06. The van der Waals surface area contributed by atoms with Crippen molar-refractivity contribution in [1.29, 1.82) is 0 Å². The van der Waals surface area contributed by atoms with Gasteiger partial charge in [-0.25, -0.2) is 4.98 Å². The second-order valence-electron chi connectivity index (χ2n) is 3.69. The number of hydrogen-bond donors (Lipinski definition) is 1. The number of hydrogen-bond acceptors (Lipinski definition) is 8. The normalized spacial score (nSPS) is 9.95. The first-order valence-electron chi connectivity index (χ1n) is 5.82. The molecule has 0 saturated heterocycles. The van der Waals surface area contributed by atoms with Crippen molar-refractivity contribution in [2.24, 2.45) is 0 Å². The van der Waals surface area contributed by atoms with Gasteiger partial charge in [-0.15, -0.1) is 4.98 Å². The van der Waals surface area contributed by atoms with Crippen LogP contribution in [0.4, 0.5) is 5.95 Å². The molecule has 0 fully saturated rings. The molecule has 2 rings (SSSR count). The molecule has 1 N–H and O–H groups in total. The number of pyridine rings is 1. The van der Waals surface area contributed by atoms with Crippen LogP contribution in [0.2, 0.25) is 0 Å². The Kier molecular flexibility index (Phi) is 4.48. The van der Waals surface area contributed by atoms with Gasteiger partial charge in [-0.05, 0) is 11.6 Å². The summed E-state index contributed by atoms with van der Waals surface area (Å²) in [5.74, 6) is 0.916. The van der Waals surface area contributed by atoms with E-state index in [9.17, 15) is 0 Å². The summed E-state index contributed by atoms with van der Waals surface area (Å²) in [6, 6.07) is 4.06. The molecule has 0 atom stereocenters. The second kappa shape index (κ2) is 6.50. The highest BCUT2D eigenvalue weighted by Crippen LogP contribution is 2.14. The number of rotatable bonds is 6.